The summed E-state index contributed by atoms with van der Waals surface area (Å²) in [6, 6.07) is 2.51. The average Bonchev–Trinajstić information content (AvgIpc) is 3.11. The van der Waals surface area contributed by atoms with Crippen LogP contribution < -0.4 is 4.57 Å². The third-order valence-corrected chi connectivity index (χ3v) is 11.3. The lowest BCUT2D eigenvalue weighted by molar-refractivity contribution is -0.697. The lowest BCUT2D eigenvalue weighted by atomic mass is 9.97. The number of nitrogens with zero attached hydrogens (tertiary/aromatic N) is 1. The molecule has 0 amide bonds. The fourth-order valence-corrected chi connectivity index (χ4v) is 7.85. The third-order valence-electron chi connectivity index (χ3n) is 11.3. The summed E-state index contributed by atoms with van der Waals surface area (Å²) in [5, 5.41) is 0. The molecule has 1 heterocycles. The van der Waals surface area contributed by atoms with E-state index in [0.717, 1.165) is 0 Å². The Bertz CT molecular complexity index is 768. The number of aryl methyl sites for hydroxylation is 3. The van der Waals surface area contributed by atoms with Crippen molar-refractivity contribution < 1.29 is 4.57 Å². The van der Waals surface area contributed by atoms with Gasteiger partial charge in [0.1, 0.15) is 6.54 Å². The first-order valence-corrected chi connectivity index (χ1v) is 23.3. The average molecular weight is 683 g/mol. The van der Waals surface area contributed by atoms with E-state index in [0.29, 0.717) is 0 Å². The summed E-state index contributed by atoms with van der Waals surface area (Å²) >= 11 is 0. The van der Waals surface area contributed by atoms with Crippen LogP contribution in [0.3, 0.4) is 0 Å². The Balaban J connectivity index is 2.29. The van der Waals surface area contributed by atoms with Crippen molar-refractivity contribution in [3.8, 4) is 0 Å². The Morgan fingerprint density at radius 2 is 0.571 bits per heavy atom. The molecule has 1 aromatic heterocycles. The number of hydrogen-bond donors (Lipinski definition) is 0. The molecule has 0 bridgehead atoms. The quantitative estimate of drug-likeness (QED) is 0.0479. The van der Waals surface area contributed by atoms with E-state index in [1.807, 2.05) is 0 Å². The van der Waals surface area contributed by atoms with Gasteiger partial charge in [0.15, 0.2) is 12.4 Å². The molecule has 0 aliphatic heterocycles. The van der Waals surface area contributed by atoms with E-state index < -0.39 is 0 Å². The molecule has 0 aliphatic carbocycles. The van der Waals surface area contributed by atoms with E-state index in [9.17, 15) is 0 Å². The maximum atomic E-state index is 2.56. The Hall–Kier alpha value is -0.850. The predicted octanol–water partition coefficient (Wildman–Crippen LogP) is 16.6. The number of aromatic nitrogens is 1. The molecule has 49 heavy (non-hydrogen) atoms. The Labute approximate surface area is 311 Å². The fourth-order valence-electron chi connectivity index (χ4n) is 7.85. The van der Waals surface area contributed by atoms with Crippen LogP contribution in [0.4, 0.5) is 0 Å². The standard InChI is InChI=1S/C48H92N/c1-4-7-10-13-16-19-21-23-25-27-29-32-35-38-41-47-43-45-49(44-40-37-34-31-18-15-12-9-6-3)46-48(47)42-39-36-33-30-28-26-24-22-20-17-14-11-8-5-2/h43,45-46H,4-42,44H2,1-3H3/q+1. The minimum absolute atomic E-state index is 1.21. The van der Waals surface area contributed by atoms with Crippen LogP contribution in [-0.2, 0) is 19.4 Å². The number of unbranched alkanes of at least 4 members (excludes halogenated alkanes) is 34. The van der Waals surface area contributed by atoms with E-state index >= 15 is 0 Å². The van der Waals surface area contributed by atoms with Crippen LogP contribution in [0, 0.1) is 0 Å². The van der Waals surface area contributed by atoms with E-state index in [1.165, 1.54) is 257 Å². The van der Waals surface area contributed by atoms with Gasteiger partial charge in [-0.1, -0.05) is 233 Å². The van der Waals surface area contributed by atoms with Gasteiger partial charge in [0.2, 0.25) is 0 Å². The zero-order chi connectivity index (χ0) is 35.1. The molecular weight excluding hydrogens is 591 g/mol. The molecule has 0 atom stereocenters. The van der Waals surface area contributed by atoms with Gasteiger partial charge in [0.05, 0.1) is 0 Å². The largest absolute Gasteiger partial charge is 0.205 e. The second-order valence-corrected chi connectivity index (χ2v) is 16.3. The van der Waals surface area contributed by atoms with Gasteiger partial charge in [-0.25, -0.2) is 4.57 Å². The molecule has 0 radical (unpaired) electrons. The van der Waals surface area contributed by atoms with E-state index in [2.05, 4.69) is 43.8 Å². The molecule has 1 aromatic rings. The van der Waals surface area contributed by atoms with Crippen LogP contribution in [-0.4, -0.2) is 0 Å². The van der Waals surface area contributed by atoms with Crippen molar-refractivity contribution in [3.63, 3.8) is 0 Å². The van der Waals surface area contributed by atoms with Crippen LogP contribution in [0.2, 0.25) is 0 Å². The normalized spacial score (nSPS) is 11.6. The van der Waals surface area contributed by atoms with Crippen molar-refractivity contribution in [2.24, 2.45) is 0 Å². The topological polar surface area (TPSA) is 3.88 Å². The van der Waals surface area contributed by atoms with E-state index in [1.54, 1.807) is 11.1 Å². The summed E-state index contributed by atoms with van der Waals surface area (Å²) in [6.07, 6.45) is 60.8. The van der Waals surface area contributed by atoms with Crippen molar-refractivity contribution in [2.45, 2.75) is 278 Å². The summed E-state index contributed by atoms with van der Waals surface area (Å²) in [7, 11) is 0. The van der Waals surface area contributed by atoms with E-state index in [4.69, 9.17) is 0 Å². The summed E-state index contributed by atoms with van der Waals surface area (Å²) in [5.41, 5.74) is 3.34. The maximum Gasteiger partial charge on any atom is 0.172 e. The molecule has 0 fully saturated rings. The summed E-state index contributed by atoms with van der Waals surface area (Å²) < 4.78 is 2.54. The molecule has 0 N–H and O–H groups in total. The van der Waals surface area contributed by atoms with Crippen molar-refractivity contribution in [1.82, 2.24) is 0 Å². The van der Waals surface area contributed by atoms with Gasteiger partial charge in [-0.2, -0.15) is 0 Å². The zero-order valence-electron chi connectivity index (χ0n) is 34.5. The van der Waals surface area contributed by atoms with Crippen molar-refractivity contribution in [1.29, 1.82) is 0 Å². The summed E-state index contributed by atoms with van der Waals surface area (Å²) in [6.45, 7) is 8.15. The Morgan fingerprint density at radius 1 is 0.306 bits per heavy atom. The molecule has 288 valence electrons. The minimum atomic E-state index is 1.21. The van der Waals surface area contributed by atoms with Gasteiger partial charge in [-0.15, -0.1) is 0 Å². The molecule has 0 saturated carbocycles. The SMILES string of the molecule is CCCCCCCCCCCCCCCCc1cc[n+](CCCCCCCCCCC)cc1CCCCCCCCCCCCCCCC. The highest BCUT2D eigenvalue weighted by molar-refractivity contribution is 5.21. The van der Waals surface area contributed by atoms with Crippen molar-refractivity contribution in [2.75, 3.05) is 0 Å². The van der Waals surface area contributed by atoms with Crippen LogP contribution in [0.1, 0.15) is 269 Å². The fraction of sp³-hybridized carbons (Fsp3) is 0.896. The molecular formula is C48H92N+. The first-order chi connectivity index (χ1) is 24.3. The maximum absolute atomic E-state index is 2.56. The third kappa shape index (κ3) is 31.6. The molecule has 1 rings (SSSR count). The minimum Gasteiger partial charge on any atom is -0.205 e. The van der Waals surface area contributed by atoms with Gasteiger partial charge in [0, 0.05) is 18.1 Å². The number of pyridine rings is 1. The molecule has 1 nitrogen and oxygen atoms in total. The molecule has 0 spiro atoms. The predicted molar refractivity (Wildman–Crippen MR) is 222 cm³/mol. The monoisotopic (exact) mass is 683 g/mol. The van der Waals surface area contributed by atoms with Crippen LogP contribution >= 0.6 is 0 Å². The highest BCUT2D eigenvalue weighted by Gasteiger charge is 2.10. The highest BCUT2D eigenvalue weighted by Crippen LogP contribution is 2.19. The van der Waals surface area contributed by atoms with Gasteiger partial charge < -0.3 is 0 Å². The Morgan fingerprint density at radius 3 is 0.898 bits per heavy atom. The summed E-state index contributed by atoms with van der Waals surface area (Å²) in [5.74, 6) is 0. The molecule has 0 aromatic carbocycles. The zero-order valence-corrected chi connectivity index (χ0v) is 34.5. The molecule has 0 saturated heterocycles. The van der Waals surface area contributed by atoms with Crippen LogP contribution in [0.25, 0.3) is 0 Å². The first kappa shape index (κ1) is 46.2. The van der Waals surface area contributed by atoms with Crippen LogP contribution in [0.5, 0.6) is 0 Å². The van der Waals surface area contributed by atoms with E-state index in [-0.39, 0.29) is 0 Å². The van der Waals surface area contributed by atoms with Gasteiger partial charge in [-0.3, -0.25) is 0 Å². The second kappa shape index (κ2) is 38.4. The lowest BCUT2D eigenvalue weighted by Crippen LogP contribution is -2.34. The van der Waals surface area contributed by atoms with Crippen molar-refractivity contribution in [3.05, 3.63) is 29.6 Å². The molecule has 0 unspecified atom stereocenters. The first-order valence-electron chi connectivity index (χ1n) is 23.3. The van der Waals surface area contributed by atoms with Gasteiger partial charge >= 0.3 is 0 Å². The molecule has 1 heteroatoms. The highest BCUT2D eigenvalue weighted by atomic mass is 14.9. The van der Waals surface area contributed by atoms with Crippen molar-refractivity contribution >= 4 is 0 Å². The number of rotatable bonds is 40. The van der Waals surface area contributed by atoms with Crippen LogP contribution in [0.15, 0.2) is 18.5 Å². The smallest absolute Gasteiger partial charge is 0.172 e. The number of hydrogen-bond acceptors (Lipinski definition) is 0. The van der Waals surface area contributed by atoms with Gasteiger partial charge in [0.25, 0.3) is 0 Å². The lowest BCUT2D eigenvalue weighted by Gasteiger charge is -2.10. The summed E-state index contributed by atoms with van der Waals surface area (Å²) in [4.78, 5) is 0. The Kier molecular flexibility index (Phi) is 36.2. The molecule has 0 aliphatic rings. The second-order valence-electron chi connectivity index (χ2n) is 16.3. The van der Waals surface area contributed by atoms with Gasteiger partial charge in [-0.05, 0) is 37.7 Å².